The summed E-state index contributed by atoms with van der Waals surface area (Å²) in [5.41, 5.74) is 0. The van der Waals surface area contributed by atoms with Crippen molar-refractivity contribution in [3.63, 3.8) is 0 Å². The molecule has 0 saturated carbocycles. The summed E-state index contributed by atoms with van der Waals surface area (Å²) >= 11 is 0. The van der Waals surface area contributed by atoms with Gasteiger partial charge in [-0.25, -0.2) is 0 Å². The van der Waals surface area contributed by atoms with Crippen LogP contribution in [0.15, 0.2) is 0 Å². The molecule has 0 fully saturated rings. The Hall–Kier alpha value is -1.06. The summed E-state index contributed by atoms with van der Waals surface area (Å²) in [5, 5.41) is 0. The summed E-state index contributed by atoms with van der Waals surface area (Å²) in [6, 6.07) is 0. The zero-order chi connectivity index (χ0) is 17.3. The number of hydrogen-bond acceptors (Lipinski definition) is 4. The van der Waals surface area contributed by atoms with Crippen molar-refractivity contribution in [3.05, 3.63) is 0 Å². The third-order valence-electron chi connectivity index (χ3n) is 3.82. The number of ether oxygens (including phenoxy) is 2. The second-order valence-electron chi connectivity index (χ2n) is 6.21. The third kappa shape index (κ3) is 14.3. The van der Waals surface area contributed by atoms with Gasteiger partial charge in [-0.1, -0.05) is 72.1 Å². The van der Waals surface area contributed by atoms with Crippen molar-refractivity contribution in [2.45, 2.75) is 104 Å². The van der Waals surface area contributed by atoms with E-state index in [0.29, 0.717) is 6.61 Å². The van der Waals surface area contributed by atoms with Gasteiger partial charge in [0.15, 0.2) is 0 Å². The molecule has 0 heterocycles. The van der Waals surface area contributed by atoms with Crippen molar-refractivity contribution in [1.29, 1.82) is 0 Å². The molecule has 0 aromatic heterocycles. The SMILES string of the molecule is CCCCCCCCCOC(=O)CC(=O)OC(CCC)CCC. The average molecular weight is 328 g/mol. The van der Waals surface area contributed by atoms with E-state index in [9.17, 15) is 9.59 Å². The molecule has 0 aliphatic rings. The van der Waals surface area contributed by atoms with Gasteiger partial charge in [0.2, 0.25) is 0 Å². The highest BCUT2D eigenvalue weighted by Crippen LogP contribution is 2.11. The molecular weight excluding hydrogens is 292 g/mol. The van der Waals surface area contributed by atoms with Crippen LogP contribution in [0.5, 0.6) is 0 Å². The Morgan fingerprint density at radius 2 is 1.30 bits per heavy atom. The maximum Gasteiger partial charge on any atom is 0.317 e. The van der Waals surface area contributed by atoms with Crippen LogP contribution in [0.1, 0.15) is 97.8 Å². The van der Waals surface area contributed by atoms with Crippen LogP contribution in [0, 0.1) is 0 Å². The molecule has 0 unspecified atom stereocenters. The Kier molecular flexibility index (Phi) is 15.1. The van der Waals surface area contributed by atoms with Gasteiger partial charge in [-0.3, -0.25) is 9.59 Å². The Labute approximate surface area is 142 Å². The molecule has 23 heavy (non-hydrogen) atoms. The zero-order valence-electron chi connectivity index (χ0n) is 15.4. The molecule has 0 radical (unpaired) electrons. The fourth-order valence-electron chi connectivity index (χ4n) is 2.55. The van der Waals surface area contributed by atoms with Crippen LogP contribution in [0.3, 0.4) is 0 Å². The molecule has 0 rings (SSSR count). The van der Waals surface area contributed by atoms with E-state index in [1.54, 1.807) is 0 Å². The lowest BCUT2D eigenvalue weighted by atomic mass is 10.1. The van der Waals surface area contributed by atoms with Crippen molar-refractivity contribution >= 4 is 11.9 Å². The molecule has 0 amide bonds. The molecule has 136 valence electrons. The predicted molar refractivity (Wildman–Crippen MR) is 93.3 cm³/mol. The van der Waals surface area contributed by atoms with Gasteiger partial charge in [0, 0.05) is 0 Å². The van der Waals surface area contributed by atoms with Gasteiger partial charge in [0.05, 0.1) is 6.61 Å². The predicted octanol–water partition coefficient (Wildman–Crippen LogP) is 5.18. The summed E-state index contributed by atoms with van der Waals surface area (Å²) in [6.07, 6.45) is 11.6. The molecule has 0 bridgehead atoms. The minimum atomic E-state index is -0.465. The Morgan fingerprint density at radius 3 is 1.87 bits per heavy atom. The van der Waals surface area contributed by atoms with Crippen molar-refractivity contribution in [2.75, 3.05) is 6.61 Å². The Morgan fingerprint density at radius 1 is 0.739 bits per heavy atom. The van der Waals surface area contributed by atoms with E-state index in [0.717, 1.165) is 38.5 Å². The van der Waals surface area contributed by atoms with Crippen molar-refractivity contribution in [2.24, 2.45) is 0 Å². The van der Waals surface area contributed by atoms with E-state index in [2.05, 4.69) is 20.8 Å². The molecule has 4 nitrogen and oxygen atoms in total. The maximum absolute atomic E-state index is 11.7. The fourth-order valence-corrected chi connectivity index (χ4v) is 2.55. The molecule has 0 aromatic carbocycles. The topological polar surface area (TPSA) is 52.6 Å². The first-order valence-electron chi connectivity index (χ1n) is 9.49. The van der Waals surface area contributed by atoms with E-state index in [-0.39, 0.29) is 12.5 Å². The number of esters is 2. The highest BCUT2D eigenvalue weighted by atomic mass is 16.6. The van der Waals surface area contributed by atoms with Crippen LogP contribution in [-0.2, 0) is 19.1 Å². The molecule has 0 N–H and O–H groups in total. The van der Waals surface area contributed by atoms with E-state index in [1.807, 2.05) is 0 Å². The molecule has 0 saturated heterocycles. The number of rotatable bonds is 15. The second-order valence-corrected chi connectivity index (χ2v) is 6.21. The van der Waals surface area contributed by atoms with Gasteiger partial charge in [0.1, 0.15) is 12.5 Å². The van der Waals surface area contributed by atoms with Crippen LogP contribution < -0.4 is 0 Å². The molecule has 0 spiro atoms. The lowest BCUT2D eigenvalue weighted by Crippen LogP contribution is -2.21. The zero-order valence-corrected chi connectivity index (χ0v) is 15.4. The lowest BCUT2D eigenvalue weighted by molar-refractivity contribution is -0.158. The minimum absolute atomic E-state index is 0.0616. The van der Waals surface area contributed by atoms with Crippen molar-refractivity contribution < 1.29 is 19.1 Å². The highest BCUT2D eigenvalue weighted by Gasteiger charge is 2.16. The average Bonchev–Trinajstić information content (AvgIpc) is 2.50. The Balaban J connectivity index is 3.65. The number of carbonyl (C=O) groups is 2. The number of unbranched alkanes of at least 4 members (excludes halogenated alkanes) is 6. The standard InChI is InChI=1S/C19H36O4/c1-4-7-8-9-10-11-12-15-22-18(20)16-19(21)23-17(13-5-2)14-6-3/h17H,4-16H2,1-3H3. The van der Waals surface area contributed by atoms with Crippen LogP contribution in [0.4, 0.5) is 0 Å². The van der Waals surface area contributed by atoms with Gasteiger partial charge in [0.25, 0.3) is 0 Å². The van der Waals surface area contributed by atoms with Crippen molar-refractivity contribution in [1.82, 2.24) is 0 Å². The van der Waals surface area contributed by atoms with Crippen LogP contribution in [0.25, 0.3) is 0 Å². The van der Waals surface area contributed by atoms with Crippen molar-refractivity contribution in [3.8, 4) is 0 Å². The molecule has 4 heteroatoms. The Bertz CT molecular complexity index is 296. The summed E-state index contributed by atoms with van der Waals surface area (Å²) in [6.45, 7) is 6.74. The first kappa shape index (κ1) is 21.9. The number of hydrogen-bond donors (Lipinski definition) is 0. The fraction of sp³-hybridized carbons (Fsp3) is 0.895. The molecule has 0 aromatic rings. The monoisotopic (exact) mass is 328 g/mol. The van der Waals surface area contributed by atoms with Crippen LogP contribution in [0.2, 0.25) is 0 Å². The number of carbonyl (C=O) groups excluding carboxylic acids is 2. The normalized spacial score (nSPS) is 10.8. The first-order valence-corrected chi connectivity index (χ1v) is 9.49. The van der Waals surface area contributed by atoms with Gasteiger partial charge in [-0.15, -0.1) is 0 Å². The van der Waals surface area contributed by atoms with Crippen LogP contribution in [-0.4, -0.2) is 24.6 Å². The minimum Gasteiger partial charge on any atom is -0.465 e. The molecule has 0 atom stereocenters. The quantitative estimate of drug-likeness (QED) is 0.236. The molecule has 0 aliphatic heterocycles. The molecular formula is C19H36O4. The van der Waals surface area contributed by atoms with E-state index in [4.69, 9.17) is 9.47 Å². The lowest BCUT2D eigenvalue weighted by Gasteiger charge is -2.16. The van der Waals surface area contributed by atoms with Gasteiger partial charge in [-0.2, -0.15) is 0 Å². The summed E-state index contributed by atoms with van der Waals surface area (Å²) in [5.74, 6) is -0.922. The first-order chi connectivity index (χ1) is 11.1. The van der Waals surface area contributed by atoms with Gasteiger partial charge >= 0.3 is 11.9 Å². The van der Waals surface area contributed by atoms with Gasteiger partial charge in [-0.05, 0) is 19.3 Å². The van der Waals surface area contributed by atoms with Gasteiger partial charge < -0.3 is 9.47 Å². The van der Waals surface area contributed by atoms with E-state index >= 15 is 0 Å². The largest absolute Gasteiger partial charge is 0.465 e. The van der Waals surface area contributed by atoms with E-state index in [1.165, 1.54) is 32.1 Å². The summed E-state index contributed by atoms with van der Waals surface area (Å²) in [7, 11) is 0. The highest BCUT2D eigenvalue weighted by molar-refractivity contribution is 5.91. The molecule has 0 aliphatic carbocycles. The third-order valence-corrected chi connectivity index (χ3v) is 3.82. The second kappa shape index (κ2) is 15.8. The smallest absolute Gasteiger partial charge is 0.317 e. The summed E-state index contributed by atoms with van der Waals surface area (Å²) < 4.78 is 10.4. The summed E-state index contributed by atoms with van der Waals surface area (Å²) in [4.78, 5) is 23.3. The maximum atomic E-state index is 11.7. The van der Waals surface area contributed by atoms with Crippen LogP contribution >= 0.6 is 0 Å². The van der Waals surface area contributed by atoms with E-state index < -0.39 is 11.9 Å².